The topological polar surface area (TPSA) is 15.3 Å². The normalized spacial score (nSPS) is 19.5. The molecule has 1 aromatic rings. The molecule has 1 fully saturated rings. The lowest BCUT2D eigenvalue weighted by Gasteiger charge is -2.34. The van der Waals surface area contributed by atoms with Gasteiger partial charge in [-0.1, -0.05) is 36.7 Å². The van der Waals surface area contributed by atoms with Gasteiger partial charge in [0.05, 0.1) is 0 Å². The fourth-order valence-electron chi connectivity index (χ4n) is 2.91. The number of hydrogen-bond acceptors (Lipinski definition) is 2. The molecule has 1 heterocycles. The van der Waals surface area contributed by atoms with Crippen LogP contribution < -0.4 is 5.32 Å². The molecule has 1 aromatic carbocycles. The molecule has 1 aliphatic heterocycles. The summed E-state index contributed by atoms with van der Waals surface area (Å²) in [5.74, 6) is 0. The van der Waals surface area contributed by atoms with E-state index in [1.165, 1.54) is 44.5 Å². The zero-order valence-corrected chi connectivity index (χ0v) is 12.8. The molecule has 2 rings (SSSR count). The molecule has 0 radical (unpaired) electrons. The number of hydrogen-bond donors (Lipinski definition) is 1. The predicted octanol–water partition coefficient (Wildman–Crippen LogP) is 3.87. The number of benzene rings is 1. The Morgan fingerprint density at radius 2 is 2.00 bits per heavy atom. The van der Waals surface area contributed by atoms with Gasteiger partial charge < -0.3 is 10.2 Å². The lowest BCUT2D eigenvalue weighted by atomic mass is 10.0. The molecule has 3 heteroatoms. The number of rotatable bonds is 5. The summed E-state index contributed by atoms with van der Waals surface area (Å²) >= 11 is 6.25. The number of nitrogens with one attached hydrogen (secondary N) is 1. The minimum absolute atomic E-state index is 0.330. The molecular weight excluding hydrogens is 256 g/mol. The van der Waals surface area contributed by atoms with Gasteiger partial charge in [0.25, 0.3) is 0 Å². The lowest BCUT2D eigenvalue weighted by molar-refractivity contribution is 0.192. The molecule has 0 aromatic heterocycles. The Morgan fingerprint density at radius 3 is 2.63 bits per heavy atom. The van der Waals surface area contributed by atoms with E-state index in [0.717, 1.165) is 5.02 Å². The fraction of sp³-hybridized carbons (Fsp3) is 0.625. The second-order valence-corrected chi connectivity index (χ2v) is 5.93. The Hall–Kier alpha value is -0.570. The van der Waals surface area contributed by atoms with Crippen LogP contribution in [0.5, 0.6) is 0 Å². The summed E-state index contributed by atoms with van der Waals surface area (Å²) in [4.78, 5) is 2.57. The van der Waals surface area contributed by atoms with E-state index in [4.69, 9.17) is 11.6 Å². The summed E-state index contributed by atoms with van der Waals surface area (Å²) in [5.41, 5.74) is 1.21. The van der Waals surface area contributed by atoms with Gasteiger partial charge in [0, 0.05) is 17.1 Å². The zero-order chi connectivity index (χ0) is 13.7. The summed E-state index contributed by atoms with van der Waals surface area (Å²) in [5, 5.41) is 4.59. The van der Waals surface area contributed by atoms with Crippen LogP contribution in [0.2, 0.25) is 5.02 Å². The molecule has 0 amide bonds. The number of halogens is 1. The maximum absolute atomic E-state index is 6.25. The van der Waals surface area contributed by atoms with Crippen LogP contribution in [-0.4, -0.2) is 30.6 Å². The highest BCUT2D eigenvalue weighted by Gasteiger charge is 2.20. The molecule has 106 valence electrons. The Bertz CT molecular complexity index is 386. The molecule has 0 aliphatic carbocycles. The summed E-state index contributed by atoms with van der Waals surface area (Å²) in [6.07, 6.45) is 3.75. The number of likely N-dealkylation sites (tertiary alicyclic amines) is 1. The van der Waals surface area contributed by atoms with Crippen LogP contribution >= 0.6 is 11.6 Å². The molecule has 19 heavy (non-hydrogen) atoms. The number of piperidine rings is 1. The second-order valence-electron chi connectivity index (χ2n) is 5.53. The van der Waals surface area contributed by atoms with Gasteiger partial charge in [-0.2, -0.15) is 0 Å². The van der Waals surface area contributed by atoms with E-state index in [1.807, 2.05) is 12.1 Å². The highest BCUT2D eigenvalue weighted by Crippen LogP contribution is 2.24. The van der Waals surface area contributed by atoms with Crippen molar-refractivity contribution in [3.63, 3.8) is 0 Å². The third kappa shape index (κ3) is 4.20. The molecule has 1 N–H and O–H groups in total. The van der Waals surface area contributed by atoms with Gasteiger partial charge in [-0.25, -0.2) is 0 Å². The van der Waals surface area contributed by atoms with Crippen LogP contribution in [0.4, 0.5) is 0 Å². The van der Waals surface area contributed by atoms with Gasteiger partial charge >= 0.3 is 0 Å². The molecule has 0 unspecified atom stereocenters. The fourth-order valence-corrected chi connectivity index (χ4v) is 3.21. The molecule has 0 saturated carbocycles. The van der Waals surface area contributed by atoms with Crippen molar-refractivity contribution in [2.75, 3.05) is 19.6 Å². The standard InChI is InChI=1S/C16H25ClN2/c1-3-10-19-11-8-14(9-12-19)18-13(2)15-6-4-5-7-16(15)17/h4-7,13-14,18H,3,8-12H2,1-2H3/t13-/m0/s1. The van der Waals surface area contributed by atoms with Crippen LogP contribution in [-0.2, 0) is 0 Å². The van der Waals surface area contributed by atoms with E-state index in [2.05, 4.69) is 36.2 Å². The third-order valence-electron chi connectivity index (χ3n) is 3.98. The summed E-state index contributed by atoms with van der Waals surface area (Å²) < 4.78 is 0. The maximum atomic E-state index is 6.25. The Kier molecular flexibility index (Phi) is 5.68. The average molecular weight is 281 g/mol. The van der Waals surface area contributed by atoms with Gasteiger partial charge in [0.1, 0.15) is 0 Å². The van der Waals surface area contributed by atoms with E-state index in [1.54, 1.807) is 0 Å². The average Bonchev–Trinajstić information content (AvgIpc) is 2.42. The van der Waals surface area contributed by atoms with E-state index in [9.17, 15) is 0 Å². The first-order valence-corrected chi connectivity index (χ1v) is 7.81. The second kappa shape index (κ2) is 7.28. The van der Waals surface area contributed by atoms with Crippen LogP contribution in [0, 0.1) is 0 Å². The Morgan fingerprint density at radius 1 is 1.32 bits per heavy atom. The first-order chi connectivity index (χ1) is 9.20. The highest BCUT2D eigenvalue weighted by molar-refractivity contribution is 6.31. The van der Waals surface area contributed by atoms with Crippen molar-refractivity contribution in [2.24, 2.45) is 0 Å². The SMILES string of the molecule is CCCN1CCC(N[C@@H](C)c2ccccc2Cl)CC1. The Labute approximate surface area is 122 Å². The lowest BCUT2D eigenvalue weighted by Crippen LogP contribution is -2.43. The molecule has 2 nitrogen and oxygen atoms in total. The van der Waals surface area contributed by atoms with Crippen LogP contribution in [0.15, 0.2) is 24.3 Å². The van der Waals surface area contributed by atoms with Crippen molar-refractivity contribution in [3.05, 3.63) is 34.9 Å². The van der Waals surface area contributed by atoms with Crippen molar-refractivity contribution < 1.29 is 0 Å². The van der Waals surface area contributed by atoms with Crippen LogP contribution in [0.1, 0.15) is 44.7 Å². The van der Waals surface area contributed by atoms with Crippen molar-refractivity contribution in [1.82, 2.24) is 10.2 Å². The van der Waals surface area contributed by atoms with Gasteiger partial charge in [-0.15, -0.1) is 0 Å². The number of nitrogens with zero attached hydrogens (tertiary/aromatic N) is 1. The van der Waals surface area contributed by atoms with Gasteiger partial charge in [-0.05, 0) is 57.5 Å². The van der Waals surface area contributed by atoms with Crippen molar-refractivity contribution >= 4 is 11.6 Å². The molecular formula is C16H25ClN2. The molecule has 0 spiro atoms. The Balaban J connectivity index is 1.84. The van der Waals surface area contributed by atoms with Crippen molar-refractivity contribution in [1.29, 1.82) is 0 Å². The predicted molar refractivity (Wildman–Crippen MR) is 82.8 cm³/mol. The summed E-state index contributed by atoms with van der Waals surface area (Å²) in [7, 11) is 0. The first-order valence-electron chi connectivity index (χ1n) is 7.43. The summed E-state index contributed by atoms with van der Waals surface area (Å²) in [6, 6.07) is 9.09. The van der Waals surface area contributed by atoms with Gasteiger partial charge in [-0.3, -0.25) is 0 Å². The van der Waals surface area contributed by atoms with Crippen LogP contribution in [0.3, 0.4) is 0 Å². The zero-order valence-electron chi connectivity index (χ0n) is 12.0. The van der Waals surface area contributed by atoms with Crippen molar-refractivity contribution in [3.8, 4) is 0 Å². The first kappa shape index (κ1) is 14.8. The quantitative estimate of drug-likeness (QED) is 0.881. The van der Waals surface area contributed by atoms with Gasteiger partial charge in [0.2, 0.25) is 0 Å². The van der Waals surface area contributed by atoms with Crippen molar-refractivity contribution in [2.45, 2.75) is 45.2 Å². The van der Waals surface area contributed by atoms with Crippen LogP contribution in [0.25, 0.3) is 0 Å². The van der Waals surface area contributed by atoms with Gasteiger partial charge in [0.15, 0.2) is 0 Å². The third-order valence-corrected chi connectivity index (χ3v) is 4.33. The maximum Gasteiger partial charge on any atom is 0.0453 e. The smallest absolute Gasteiger partial charge is 0.0453 e. The van der Waals surface area contributed by atoms with E-state index in [-0.39, 0.29) is 0 Å². The van der Waals surface area contributed by atoms with E-state index < -0.39 is 0 Å². The minimum atomic E-state index is 0.330. The highest BCUT2D eigenvalue weighted by atomic mass is 35.5. The molecule has 1 saturated heterocycles. The van der Waals surface area contributed by atoms with E-state index in [0.29, 0.717) is 12.1 Å². The molecule has 1 aliphatic rings. The van der Waals surface area contributed by atoms with E-state index >= 15 is 0 Å². The monoisotopic (exact) mass is 280 g/mol. The molecule has 0 bridgehead atoms. The largest absolute Gasteiger partial charge is 0.307 e. The molecule has 1 atom stereocenters. The minimum Gasteiger partial charge on any atom is -0.307 e. The summed E-state index contributed by atoms with van der Waals surface area (Å²) in [6.45, 7) is 8.15.